The third kappa shape index (κ3) is 3.26. The number of carbonyl (C=O) groups excluding carboxylic acids is 1. The number of ether oxygens (including phenoxy) is 2. The zero-order chi connectivity index (χ0) is 16.2. The molecule has 0 aliphatic carbocycles. The Morgan fingerprint density at radius 1 is 1.13 bits per heavy atom. The van der Waals surface area contributed by atoms with Gasteiger partial charge in [0.1, 0.15) is 0 Å². The molecule has 4 heteroatoms. The van der Waals surface area contributed by atoms with Crippen LogP contribution in [0.25, 0.3) is 0 Å². The quantitative estimate of drug-likeness (QED) is 0.813. The van der Waals surface area contributed by atoms with E-state index in [1.807, 2.05) is 61.5 Å². The predicted molar refractivity (Wildman–Crippen MR) is 88.4 cm³/mol. The van der Waals surface area contributed by atoms with Crippen LogP contribution in [-0.2, 0) is 14.3 Å². The molecule has 0 radical (unpaired) electrons. The minimum absolute atomic E-state index is 0.326. The van der Waals surface area contributed by atoms with Gasteiger partial charge in [-0.1, -0.05) is 48.0 Å². The number of carbonyl (C=O) groups is 1. The lowest BCUT2D eigenvalue weighted by atomic mass is 10.0. The summed E-state index contributed by atoms with van der Waals surface area (Å²) in [4.78, 5) is 16.7. The summed E-state index contributed by atoms with van der Waals surface area (Å²) in [6.07, 6.45) is -0.454. The van der Waals surface area contributed by atoms with Gasteiger partial charge in [-0.15, -0.1) is 0 Å². The molecule has 0 bridgehead atoms. The third-order valence-corrected chi connectivity index (χ3v) is 3.74. The molecular weight excluding hydrogens is 290 g/mol. The molecule has 4 nitrogen and oxygen atoms in total. The molecule has 0 aromatic heterocycles. The predicted octanol–water partition coefficient (Wildman–Crippen LogP) is 3.44. The molecule has 1 heterocycles. The Morgan fingerprint density at radius 2 is 1.83 bits per heavy atom. The Kier molecular flexibility index (Phi) is 4.42. The summed E-state index contributed by atoms with van der Waals surface area (Å²) in [5.74, 6) is 0.123. The number of benzene rings is 2. The molecule has 0 fully saturated rings. The van der Waals surface area contributed by atoms with Gasteiger partial charge < -0.3 is 9.47 Å². The van der Waals surface area contributed by atoms with Gasteiger partial charge in [-0.05, 0) is 31.5 Å². The van der Waals surface area contributed by atoms with Crippen molar-refractivity contribution in [2.75, 3.05) is 6.61 Å². The number of hydrogen-bond donors (Lipinski definition) is 0. The van der Waals surface area contributed by atoms with Gasteiger partial charge >= 0.3 is 5.97 Å². The molecule has 0 saturated heterocycles. The average molecular weight is 309 g/mol. The maximum Gasteiger partial charge on any atom is 0.335 e. The number of aryl methyl sites for hydroxylation is 1. The third-order valence-electron chi connectivity index (χ3n) is 3.74. The van der Waals surface area contributed by atoms with Gasteiger partial charge in [-0.2, -0.15) is 0 Å². The Morgan fingerprint density at radius 3 is 2.48 bits per heavy atom. The molecule has 2 aromatic carbocycles. The van der Waals surface area contributed by atoms with Gasteiger partial charge in [-0.25, -0.2) is 9.79 Å². The van der Waals surface area contributed by atoms with Crippen LogP contribution in [0.3, 0.4) is 0 Å². The minimum atomic E-state index is -0.673. The molecule has 0 spiro atoms. The van der Waals surface area contributed by atoms with Crippen LogP contribution in [0.2, 0.25) is 0 Å². The average Bonchev–Trinajstić information content (AvgIpc) is 3.02. The van der Waals surface area contributed by atoms with Crippen molar-refractivity contribution in [1.82, 2.24) is 0 Å². The first-order chi connectivity index (χ1) is 11.2. The molecule has 0 N–H and O–H groups in total. The molecule has 0 amide bonds. The smallest absolute Gasteiger partial charge is 0.335 e. The van der Waals surface area contributed by atoms with E-state index in [-0.39, 0.29) is 5.97 Å². The van der Waals surface area contributed by atoms with Crippen molar-refractivity contribution >= 4 is 11.9 Å². The van der Waals surface area contributed by atoms with E-state index in [0.717, 1.165) is 16.7 Å². The van der Waals surface area contributed by atoms with Crippen LogP contribution < -0.4 is 0 Å². The molecule has 2 unspecified atom stereocenters. The lowest BCUT2D eigenvalue weighted by Crippen LogP contribution is -2.26. The zero-order valence-corrected chi connectivity index (χ0v) is 13.2. The summed E-state index contributed by atoms with van der Waals surface area (Å²) >= 11 is 0. The first kappa shape index (κ1) is 15.3. The van der Waals surface area contributed by atoms with Crippen molar-refractivity contribution in [3.05, 3.63) is 71.3 Å². The molecule has 1 aliphatic rings. The van der Waals surface area contributed by atoms with Crippen molar-refractivity contribution in [1.29, 1.82) is 0 Å². The van der Waals surface area contributed by atoms with Crippen LogP contribution in [0.5, 0.6) is 0 Å². The Balaban J connectivity index is 1.92. The number of aliphatic imine (C=N–C) groups is 1. The molecule has 2 atom stereocenters. The van der Waals surface area contributed by atoms with Gasteiger partial charge in [0.15, 0.2) is 12.1 Å². The van der Waals surface area contributed by atoms with E-state index < -0.39 is 12.1 Å². The summed E-state index contributed by atoms with van der Waals surface area (Å²) in [7, 11) is 0. The number of nitrogens with zero attached hydrogens (tertiary/aromatic N) is 1. The van der Waals surface area contributed by atoms with Gasteiger partial charge in [0.05, 0.1) is 6.61 Å². The van der Waals surface area contributed by atoms with Crippen LogP contribution in [0.4, 0.5) is 0 Å². The summed E-state index contributed by atoms with van der Waals surface area (Å²) < 4.78 is 11.2. The second-order valence-corrected chi connectivity index (χ2v) is 5.45. The fraction of sp³-hybridized carbons (Fsp3) is 0.263. The summed E-state index contributed by atoms with van der Waals surface area (Å²) in [5.41, 5.74) is 2.93. The van der Waals surface area contributed by atoms with Gasteiger partial charge in [0.25, 0.3) is 0 Å². The van der Waals surface area contributed by atoms with E-state index in [2.05, 4.69) is 4.99 Å². The van der Waals surface area contributed by atoms with E-state index in [4.69, 9.17) is 9.47 Å². The monoisotopic (exact) mass is 309 g/mol. The molecular formula is C19H19NO3. The van der Waals surface area contributed by atoms with Crippen molar-refractivity contribution in [2.45, 2.75) is 26.0 Å². The highest BCUT2D eigenvalue weighted by Gasteiger charge is 2.39. The molecule has 0 saturated carbocycles. The van der Waals surface area contributed by atoms with Crippen molar-refractivity contribution in [3.8, 4) is 0 Å². The van der Waals surface area contributed by atoms with Crippen LogP contribution in [0.15, 0.2) is 59.6 Å². The first-order valence-corrected chi connectivity index (χ1v) is 7.72. The van der Waals surface area contributed by atoms with Crippen LogP contribution in [-0.4, -0.2) is 24.5 Å². The largest absolute Gasteiger partial charge is 0.466 e. The van der Waals surface area contributed by atoms with Crippen molar-refractivity contribution in [3.63, 3.8) is 0 Å². The number of rotatable bonds is 4. The van der Waals surface area contributed by atoms with Crippen molar-refractivity contribution in [2.24, 2.45) is 4.99 Å². The van der Waals surface area contributed by atoms with Gasteiger partial charge in [-0.3, -0.25) is 0 Å². The van der Waals surface area contributed by atoms with Crippen molar-refractivity contribution < 1.29 is 14.3 Å². The second-order valence-electron chi connectivity index (χ2n) is 5.45. The van der Waals surface area contributed by atoms with E-state index in [1.165, 1.54) is 0 Å². The topological polar surface area (TPSA) is 47.9 Å². The highest BCUT2D eigenvalue weighted by Crippen LogP contribution is 2.32. The molecule has 2 aromatic rings. The number of hydrogen-bond acceptors (Lipinski definition) is 4. The Bertz CT molecular complexity index is 707. The fourth-order valence-corrected chi connectivity index (χ4v) is 2.54. The lowest BCUT2D eigenvalue weighted by Gasteiger charge is -2.17. The van der Waals surface area contributed by atoms with Crippen LogP contribution >= 0.6 is 0 Å². The summed E-state index contributed by atoms with van der Waals surface area (Å²) in [5, 5.41) is 0. The molecule has 3 rings (SSSR count). The Hall–Kier alpha value is -2.62. The number of esters is 1. The standard InChI is InChI=1S/C19H19NO3/c1-3-22-19(21)16-17(14-11-9-13(2)10-12-14)23-18(20-16)15-7-5-4-6-8-15/h4-12,16-17H,3H2,1-2H3. The highest BCUT2D eigenvalue weighted by atomic mass is 16.5. The SMILES string of the molecule is CCOC(=O)C1N=C(c2ccccc2)OC1c1ccc(C)cc1. The van der Waals surface area contributed by atoms with E-state index in [1.54, 1.807) is 6.92 Å². The van der Waals surface area contributed by atoms with Gasteiger partial charge in [0, 0.05) is 5.56 Å². The Labute approximate surface area is 135 Å². The van der Waals surface area contributed by atoms with Gasteiger partial charge in [0.2, 0.25) is 5.90 Å². The maximum absolute atomic E-state index is 12.3. The lowest BCUT2D eigenvalue weighted by molar-refractivity contribution is -0.146. The highest BCUT2D eigenvalue weighted by molar-refractivity contribution is 5.98. The van der Waals surface area contributed by atoms with Crippen LogP contribution in [0.1, 0.15) is 29.7 Å². The molecule has 23 heavy (non-hydrogen) atoms. The maximum atomic E-state index is 12.3. The van der Waals surface area contributed by atoms with E-state index in [9.17, 15) is 4.79 Å². The van der Waals surface area contributed by atoms with Crippen LogP contribution in [0, 0.1) is 6.92 Å². The molecule has 118 valence electrons. The van der Waals surface area contributed by atoms with E-state index >= 15 is 0 Å². The minimum Gasteiger partial charge on any atom is -0.466 e. The molecule has 1 aliphatic heterocycles. The first-order valence-electron chi connectivity index (χ1n) is 7.72. The fourth-order valence-electron chi connectivity index (χ4n) is 2.54. The zero-order valence-electron chi connectivity index (χ0n) is 13.2. The normalized spacial score (nSPS) is 19.8. The van der Waals surface area contributed by atoms with E-state index in [0.29, 0.717) is 12.5 Å². The summed E-state index contributed by atoms with van der Waals surface area (Å²) in [6, 6.07) is 16.9. The summed E-state index contributed by atoms with van der Waals surface area (Å²) in [6.45, 7) is 4.14. The second kappa shape index (κ2) is 6.65.